The molecule has 0 unspecified atom stereocenters. The molecule has 0 saturated carbocycles. The van der Waals surface area contributed by atoms with Crippen molar-refractivity contribution in [2.45, 2.75) is 4.90 Å². The topological polar surface area (TPSA) is 88.2 Å². The number of hydrogen-bond donors (Lipinski definition) is 2. The number of halogens is 1. The third-order valence-electron chi connectivity index (χ3n) is 3.41. The van der Waals surface area contributed by atoms with Crippen molar-refractivity contribution in [2.75, 3.05) is 10.0 Å². The monoisotopic (exact) mass is 371 g/mol. The molecule has 0 aliphatic rings. The molecule has 0 aliphatic heterocycles. The standard InChI is InChI=1S/C18H14FN3O3S/c19-14-5-3-4-13(12-14)18(23)21-15-7-9-16(10-8-15)26(24,25)22-17-6-1-2-11-20-17/h1-12H,(H,20,22)(H,21,23). The van der Waals surface area contributed by atoms with Gasteiger partial charge >= 0.3 is 0 Å². The van der Waals surface area contributed by atoms with Crippen molar-refractivity contribution in [3.05, 3.63) is 84.3 Å². The average molecular weight is 371 g/mol. The first-order chi connectivity index (χ1) is 12.4. The molecule has 3 rings (SSSR count). The SMILES string of the molecule is O=C(Nc1ccc(S(=O)(=O)Nc2ccccn2)cc1)c1cccc(F)c1. The van der Waals surface area contributed by atoms with E-state index in [0.717, 1.165) is 6.07 Å². The Morgan fingerprint density at radius 3 is 2.38 bits per heavy atom. The van der Waals surface area contributed by atoms with Gasteiger partial charge in [-0.2, -0.15) is 0 Å². The summed E-state index contributed by atoms with van der Waals surface area (Å²) in [5, 5.41) is 2.58. The van der Waals surface area contributed by atoms with Gasteiger partial charge in [0.2, 0.25) is 0 Å². The summed E-state index contributed by atoms with van der Waals surface area (Å²) in [5.41, 5.74) is 0.551. The van der Waals surface area contributed by atoms with Crippen molar-refractivity contribution in [1.29, 1.82) is 0 Å². The van der Waals surface area contributed by atoms with Crippen LogP contribution in [-0.4, -0.2) is 19.3 Å². The number of amides is 1. The van der Waals surface area contributed by atoms with Gasteiger partial charge in [-0.1, -0.05) is 12.1 Å². The minimum Gasteiger partial charge on any atom is -0.322 e. The summed E-state index contributed by atoms with van der Waals surface area (Å²) >= 11 is 0. The molecule has 26 heavy (non-hydrogen) atoms. The van der Waals surface area contributed by atoms with Gasteiger partial charge in [0.1, 0.15) is 11.6 Å². The first-order valence-corrected chi connectivity index (χ1v) is 9.03. The van der Waals surface area contributed by atoms with Crippen LogP contribution in [0, 0.1) is 5.82 Å². The number of anilines is 2. The van der Waals surface area contributed by atoms with E-state index >= 15 is 0 Å². The van der Waals surface area contributed by atoms with E-state index in [0.29, 0.717) is 5.69 Å². The van der Waals surface area contributed by atoms with E-state index in [1.54, 1.807) is 12.1 Å². The molecule has 8 heteroatoms. The molecule has 0 atom stereocenters. The van der Waals surface area contributed by atoms with Gasteiger partial charge in [0.15, 0.2) is 0 Å². The third-order valence-corrected chi connectivity index (χ3v) is 4.78. The molecule has 1 amide bonds. The Kier molecular flexibility index (Phi) is 4.94. The van der Waals surface area contributed by atoms with Crippen LogP contribution in [0.3, 0.4) is 0 Å². The molecule has 6 nitrogen and oxygen atoms in total. The predicted octanol–water partition coefficient (Wildman–Crippen LogP) is 3.27. The lowest BCUT2D eigenvalue weighted by Crippen LogP contribution is -2.14. The van der Waals surface area contributed by atoms with Crippen LogP contribution in [0.1, 0.15) is 10.4 Å². The van der Waals surface area contributed by atoms with Gasteiger partial charge in [0.25, 0.3) is 15.9 Å². The fourth-order valence-corrected chi connectivity index (χ4v) is 3.18. The maximum Gasteiger partial charge on any atom is 0.263 e. The maximum absolute atomic E-state index is 13.2. The lowest BCUT2D eigenvalue weighted by Gasteiger charge is -2.09. The second kappa shape index (κ2) is 7.32. The molecule has 0 aliphatic carbocycles. The van der Waals surface area contributed by atoms with Crippen LogP contribution in [0.4, 0.5) is 15.9 Å². The van der Waals surface area contributed by atoms with Gasteiger partial charge in [0.05, 0.1) is 4.90 Å². The largest absolute Gasteiger partial charge is 0.322 e. The highest BCUT2D eigenvalue weighted by atomic mass is 32.2. The van der Waals surface area contributed by atoms with Gasteiger partial charge in [0, 0.05) is 17.4 Å². The summed E-state index contributed by atoms with van der Waals surface area (Å²) in [6, 6.07) is 15.7. The quantitative estimate of drug-likeness (QED) is 0.720. The number of hydrogen-bond acceptors (Lipinski definition) is 4. The third kappa shape index (κ3) is 4.22. The Morgan fingerprint density at radius 2 is 1.73 bits per heavy atom. The summed E-state index contributed by atoms with van der Waals surface area (Å²) in [6.07, 6.45) is 1.48. The number of sulfonamides is 1. The number of pyridine rings is 1. The molecule has 0 radical (unpaired) electrons. The molecule has 3 aromatic rings. The van der Waals surface area contributed by atoms with Crippen LogP contribution >= 0.6 is 0 Å². The zero-order valence-electron chi connectivity index (χ0n) is 13.4. The van der Waals surface area contributed by atoms with Gasteiger partial charge in [-0.05, 0) is 54.6 Å². The fraction of sp³-hybridized carbons (Fsp3) is 0. The zero-order valence-corrected chi connectivity index (χ0v) is 14.2. The molecule has 0 fully saturated rings. The van der Waals surface area contributed by atoms with E-state index < -0.39 is 21.7 Å². The van der Waals surface area contributed by atoms with Crippen molar-refractivity contribution < 1.29 is 17.6 Å². The van der Waals surface area contributed by atoms with Gasteiger partial charge in [-0.3, -0.25) is 9.52 Å². The molecule has 1 aromatic heterocycles. The second-order valence-electron chi connectivity index (χ2n) is 5.31. The Labute approximate surface area is 149 Å². The fourth-order valence-electron chi connectivity index (χ4n) is 2.17. The number of rotatable bonds is 5. The van der Waals surface area contributed by atoms with E-state index in [1.165, 1.54) is 54.7 Å². The number of nitrogens with zero attached hydrogens (tertiary/aromatic N) is 1. The minimum atomic E-state index is -3.79. The average Bonchev–Trinajstić information content (AvgIpc) is 2.62. The predicted molar refractivity (Wildman–Crippen MR) is 95.8 cm³/mol. The van der Waals surface area contributed by atoms with Crippen LogP contribution in [0.5, 0.6) is 0 Å². The molecular weight excluding hydrogens is 357 g/mol. The van der Waals surface area contributed by atoms with Gasteiger partial charge in [-0.25, -0.2) is 17.8 Å². The van der Waals surface area contributed by atoms with Crippen molar-refractivity contribution in [1.82, 2.24) is 4.98 Å². The summed E-state index contributed by atoms with van der Waals surface area (Å²) in [7, 11) is -3.79. The number of nitrogens with one attached hydrogen (secondary N) is 2. The molecular formula is C18H14FN3O3S. The molecule has 132 valence electrons. The summed E-state index contributed by atoms with van der Waals surface area (Å²) < 4.78 is 40.2. The Morgan fingerprint density at radius 1 is 0.962 bits per heavy atom. The van der Waals surface area contributed by atoms with Gasteiger partial charge < -0.3 is 5.32 Å². The summed E-state index contributed by atoms with van der Waals surface area (Å²) in [6.45, 7) is 0. The smallest absolute Gasteiger partial charge is 0.263 e. The maximum atomic E-state index is 13.2. The first-order valence-electron chi connectivity index (χ1n) is 7.55. The molecule has 0 spiro atoms. The molecule has 0 bridgehead atoms. The number of benzene rings is 2. The Balaban J connectivity index is 1.73. The van der Waals surface area contributed by atoms with E-state index in [4.69, 9.17) is 0 Å². The van der Waals surface area contributed by atoms with Crippen LogP contribution < -0.4 is 10.0 Å². The molecule has 1 heterocycles. The number of carbonyl (C=O) groups is 1. The lowest BCUT2D eigenvalue weighted by molar-refractivity contribution is 0.102. The van der Waals surface area contributed by atoms with Crippen LogP contribution in [-0.2, 0) is 10.0 Å². The zero-order chi connectivity index (χ0) is 18.6. The van der Waals surface area contributed by atoms with E-state index in [1.807, 2.05) is 0 Å². The van der Waals surface area contributed by atoms with Crippen molar-refractivity contribution >= 4 is 27.4 Å². The van der Waals surface area contributed by atoms with Crippen molar-refractivity contribution in [3.63, 3.8) is 0 Å². The molecule has 2 N–H and O–H groups in total. The minimum absolute atomic E-state index is 0.0203. The second-order valence-corrected chi connectivity index (χ2v) is 6.99. The molecule has 2 aromatic carbocycles. The Hall–Kier alpha value is -3.26. The number of carbonyl (C=O) groups excluding carboxylic acids is 1. The van der Waals surface area contributed by atoms with Crippen molar-refractivity contribution in [3.8, 4) is 0 Å². The highest BCUT2D eigenvalue weighted by molar-refractivity contribution is 7.92. The first kappa shape index (κ1) is 17.6. The highest BCUT2D eigenvalue weighted by Crippen LogP contribution is 2.17. The Bertz CT molecular complexity index is 1020. The van der Waals surface area contributed by atoms with E-state index in [-0.39, 0.29) is 16.3 Å². The van der Waals surface area contributed by atoms with Crippen LogP contribution in [0.15, 0.2) is 77.8 Å². The normalized spacial score (nSPS) is 11.0. The van der Waals surface area contributed by atoms with E-state index in [9.17, 15) is 17.6 Å². The number of aromatic nitrogens is 1. The lowest BCUT2D eigenvalue weighted by atomic mass is 10.2. The summed E-state index contributed by atoms with van der Waals surface area (Å²) in [5.74, 6) is -0.803. The summed E-state index contributed by atoms with van der Waals surface area (Å²) in [4.78, 5) is 16.0. The van der Waals surface area contributed by atoms with Crippen LogP contribution in [0.2, 0.25) is 0 Å². The van der Waals surface area contributed by atoms with Crippen LogP contribution in [0.25, 0.3) is 0 Å². The van der Waals surface area contributed by atoms with Gasteiger partial charge in [-0.15, -0.1) is 0 Å². The highest BCUT2D eigenvalue weighted by Gasteiger charge is 2.15. The van der Waals surface area contributed by atoms with Crippen molar-refractivity contribution in [2.24, 2.45) is 0 Å². The van der Waals surface area contributed by atoms with E-state index in [2.05, 4.69) is 15.0 Å². The molecule has 0 saturated heterocycles.